The second kappa shape index (κ2) is 7.12. The number of rotatable bonds is 5. The number of aromatic nitrogens is 3. The lowest BCUT2D eigenvalue weighted by molar-refractivity contribution is -0.383. The van der Waals surface area contributed by atoms with Crippen LogP contribution in [0.25, 0.3) is 10.2 Å². The van der Waals surface area contributed by atoms with Gasteiger partial charge in [0.2, 0.25) is 18.4 Å². The van der Waals surface area contributed by atoms with Crippen molar-refractivity contribution in [2.45, 2.75) is 6.92 Å². The number of benzene rings is 2. The molecule has 0 atom stereocenters. The van der Waals surface area contributed by atoms with E-state index in [1.807, 2.05) is 25.1 Å². The molecule has 0 unspecified atom stereocenters. The van der Waals surface area contributed by atoms with Crippen LogP contribution in [0.2, 0.25) is 0 Å². The third kappa shape index (κ3) is 3.31. The zero-order valence-corrected chi connectivity index (χ0v) is 16.4. The molecule has 0 radical (unpaired) electrons. The highest BCUT2D eigenvalue weighted by Crippen LogP contribution is 2.38. The van der Waals surface area contributed by atoms with Gasteiger partial charge in [-0.2, -0.15) is 0 Å². The summed E-state index contributed by atoms with van der Waals surface area (Å²) in [6.45, 7) is 2.14. The molecule has 5 rings (SSSR count). The van der Waals surface area contributed by atoms with Gasteiger partial charge in [-0.25, -0.2) is 15.0 Å². The summed E-state index contributed by atoms with van der Waals surface area (Å²) in [5.41, 5.74) is 2.21. The molecule has 0 spiro atoms. The van der Waals surface area contributed by atoms with Crippen molar-refractivity contribution >= 4 is 49.7 Å². The summed E-state index contributed by atoms with van der Waals surface area (Å²) < 4.78 is 11.6. The molecule has 0 bridgehead atoms. The average Bonchev–Trinajstić information content (AvgIpc) is 3.33. The highest BCUT2D eigenvalue weighted by atomic mass is 32.1. The van der Waals surface area contributed by atoms with Crippen LogP contribution in [-0.2, 0) is 0 Å². The summed E-state index contributed by atoms with van der Waals surface area (Å²) in [5.74, 6) is 1.27. The minimum Gasteiger partial charge on any atom is -0.454 e. The van der Waals surface area contributed by atoms with E-state index in [9.17, 15) is 10.1 Å². The minimum atomic E-state index is -0.533. The first-order chi connectivity index (χ1) is 14.6. The van der Waals surface area contributed by atoms with Gasteiger partial charge in [-0.15, -0.1) is 0 Å². The number of hydrogen-bond donors (Lipinski definition) is 2. The monoisotopic (exact) mass is 422 g/mol. The smallest absolute Gasteiger partial charge is 0.353 e. The summed E-state index contributed by atoms with van der Waals surface area (Å²) in [7, 11) is 0. The Balaban J connectivity index is 1.48. The Kier molecular flexibility index (Phi) is 4.29. The first kappa shape index (κ1) is 18.1. The first-order valence-electron chi connectivity index (χ1n) is 8.87. The Hall–Kier alpha value is -3.99. The van der Waals surface area contributed by atoms with Crippen LogP contribution < -0.4 is 20.1 Å². The molecule has 0 fully saturated rings. The Morgan fingerprint density at radius 3 is 2.70 bits per heavy atom. The lowest BCUT2D eigenvalue weighted by Crippen LogP contribution is -2.05. The molecule has 150 valence electrons. The lowest BCUT2D eigenvalue weighted by atomic mass is 10.2. The van der Waals surface area contributed by atoms with E-state index in [4.69, 9.17) is 9.47 Å². The van der Waals surface area contributed by atoms with E-state index in [2.05, 4.69) is 25.6 Å². The zero-order valence-electron chi connectivity index (χ0n) is 15.6. The largest absolute Gasteiger partial charge is 0.454 e. The maximum Gasteiger partial charge on any atom is 0.353 e. The van der Waals surface area contributed by atoms with Crippen LogP contribution in [0.1, 0.15) is 5.56 Å². The van der Waals surface area contributed by atoms with Crippen LogP contribution in [0.3, 0.4) is 0 Å². The number of ether oxygens (including phenoxy) is 2. The van der Waals surface area contributed by atoms with Gasteiger partial charge in [0.25, 0.3) is 0 Å². The van der Waals surface area contributed by atoms with Gasteiger partial charge in [0.05, 0.1) is 15.1 Å². The fourth-order valence-corrected chi connectivity index (χ4v) is 4.00. The van der Waals surface area contributed by atoms with Crippen molar-refractivity contribution in [3.05, 3.63) is 58.4 Å². The van der Waals surface area contributed by atoms with Gasteiger partial charge < -0.3 is 20.1 Å². The van der Waals surface area contributed by atoms with Crippen molar-refractivity contribution < 1.29 is 14.4 Å². The van der Waals surface area contributed by atoms with Gasteiger partial charge >= 0.3 is 5.69 Å². The number of thiazole rings is 1. The van der Waals surface area contributed by atoms with E-state index in [0.29, 0.717) is 22.3 Å². The molecule has 30 heavy (non-hydrogen) atoms. The van der Waals surface area contributed by atoms with Crippen LogP contribution in [-0.4, -0.2) is 26.7 Å². The Morgan fingerprint density at radius 1 is 1.07 bits per heavy atom. The van der Waals surface area contributed by atoms with E-state index in [-0.39, 0.29) is 24.1 Å². The Bertz CT molecular complexity index is 1290. The van der Waals surface area contributed by atoms with Crippen molar-refractivity contribution in [2.75, 3.05) is 17.4 Å². The van der Waals surface area contributed by atoms with Gasteiger partial charge in [0.1, 0.15) is 6.33 Å². The van der Waals surface area contributed by atoms with E-state index < -0.39 is 4.92 Å². The number of nitrogens with one attached hydrogen (secondary N) is 2. The molecule has 0 aliphatic carbocycles. The maximum absolute atomic E-state index is 11.8. The second-order valence-electron chi connectivity index (χ2n) is 6.48. The molecule has 3 heterocycles. The number of nitro groups is 1. The van der Waals surface area contributed by atoms with Gasteiger partial charge in [-0.05, 0) is 36.8 Å². The normalized spacial score (nSPS) is 12.2. The maximum atomic E-state index is 11.8. The van der Waals surface area contributed by atoms with Crippen molar-refractivity contribution in [3.8, 4) is 11.5 Å². The van der Waals surface area contributed by atoms with E-state index in [1.165, 1.54) is 17.7 Å². The molecule has 1 aliphatic rings. The SMILES string of the molecule is Cc1ccc2nc(Nc3ncnc(Nc4ccc5c(c4)OCO5)c3[N+](=O)[O-])sc2c1. The number of fused-ring (bicyclic) bond motifs is 2. The van der Waals surface area contributed by atoms with Gasteiger partial charge in [-0.1, -0.05) is 17.4 Å². The second-order valence-corrected chi connectivity index (χ2v) is 7.52. The Morgan fingerprint density at radius 2 is 1.87 bits per heavy atom. The quantitative estimate of drug-likeness (QED) is 0.353. The number of hydrogen-bond acceptors (Lipinski definition) is 10. The van der Waals surface area contributed by atoms with E-state index in [0.717, 1.165) is 15.8 Å². The Labute approximate surface area is 173 Å². The molecule has 11 heteroatoms. The van der Waals surface area contributed by atoms with Crippen molar-refractivity contribution in [1.29, 1.82) is 0 Å². The van der Waals surface area contributed by atoms with Gasteiger partial charge in [0, 0.05) is 11.8 Å². The molecule has 0 amide bonds. The van der Waals surface area contributed by atoms with Crippen molar-refractivity contribution in [1.82, 2.24) is 15.0 Å². The average molecular weight is 422 g/mol. The highest BCUT2D eigenvalue weighted by molar-refractivity contribution is 7.22. The molecule has 10 nitrogen and oxygen atoms in total. The predicted molar refractivity (Wildman–Crippen MR) is 112 cm³/mol. The molecule has 0 saturated heterocycles. The van der Waals surface area contributed by atoms with E-state index in [1.54, 1.807) is 18.2 Å². The van der Waals surface area contributed by atoms with Crippen molar-refractivity contribution in [3.63, 3.8) is 0 Å². The van der Waals surface area contributed by atoms with Crippen LogP contribution >= 0.6 is 11.3 Å². The number of nitrogens with zero attached hydrogens (tertiary/aromatic N) is 4. The fourth-order valence-electron chi connectivity index (χ4n) is 3.03. The van der Waals surface area contributed by atoms with E-state index >= 15 is 0 Å². The highest BCUT2D eigenvalue weighted by Gasteiger charge is 2.25. The summed E-state index contributed by atoms with van der Waals surface area (Å²) in [6, 6.07) is 11.0. The van der Waals surface area contributed by atoms with Gasteiger partial charge in [0.15, 0.2) is 16.6 Å². The first-order valence-corrected chi connectivity index (χ1v) is 9.69. The standard InChI is InChI=1S/C19H14N6O4S/c1-10-2-4-12-15(6-10)30-19(23-12)24-18-16(25(26)27)17(20-8-21-18)22-11-3-5-13-14(7-11)29-9-28-13/h2-8H,9H2,1H3,(H2,20,21,22,23,24). The summed E-state index contributed by atoms with van der Waals surface area (Å²) >= 11 is 1.39. The summed E-state index contributed by atoms with van der Waals surface area (Å²) in [4.78, 5) is 23.9. The molecule has 2 N–H and O–H groups in total. The number of aryl methyl sites for hydroxylation is 1. The minimum absolute atomic E-state index is 0.0494. The zero-order chi connectivity index (χ0) is 20.7. The topological polar surface area (TPSA) is 124 Å². The van der Waals surface area contributed by atoms with Crippen LogP contribution in [0.15, 0.2) is 42.7 Å². The third-order valence-electron chi connectivity index (χ3n) is 4.41. The molecule has 0 saturated carbocycles. The molecule has 2 aromatic heterocycles. The van der Waals surface area contributed by atoms with Crippen LogP contribution in [0.5, 0.6) is 11.5 Å². The van der Waals surface area contributed by atoms with Crippen molar-refractivity contribution in [2.24, 2.45) is 0 Å². The third-order valence-corrected chi connectivity index (χ3v) is 5.34. The summed E-state index contributed by atoms with van der Waals surface area (Å²) in [6.07, 6.45) is 1.25. The van der Waals surface area contributed by atoms with Crippen LogP contribution in [0, 0.1) is 17.0 Å². The predicted octanol–water partition coefficient (Wildman–Crippen LogP) is 4.52. The van der Waals surface area contributed by atoms with Crippen LogP contribution in [0.4, 0.5) is 28.1 Å². The molecule has 4 aromatic rings. The molecular formula is C19H14N6O4S. The number of anilines is 4. The lowest BCUT2D eigenvalue weighted by Gasteiger charge is -2.09. The molecular weight excluding hydrogens is 408 g/mol. The summed E-state index contributed by atoms with van der Waals surface area (Å²) in [5, 5.41) is 18.2. The fraction of sp³-hybridized carbons (Fsp3) is 0.105. The molecule has 1 aliphatic heterocycles. The molecule has 2 aromatic carbocycles. The van der Waals surface area contributed by atoms with Gasteiger partial charge in [-0.3, -0.25) is 10.1 Å².